The van der Waals surface area contributed by atoms with Gasteiger partial charge in [0.15, 0.2) is 6.61 Å². The zero-order valence-corrected chi connectivity index (χ0v) is 19.1. The number of rotatable bonds is 10. The number of ether oxygens (including phenoxy) is 1. The van der Waals surface area contributed by atoms with E-state index >= 15 is 0 Å². The standard InChI is InChI=1S/C25H30N2O6/c1-16(2)12-13-22(24(30)27(3)33-15-23(28)29)26-25(31)32-14-21-19-10-6-4-8-17(19)18-9-5-7-11-20(18)21/h4-11,16,21-22H,12-15H2,1-3H3,(H,26,31)(H,28,29). The number of hydrogen-bond acceptors (Lipinski definition) is 5. The van der Waals surface area contributed by atoms with E-state index in [1.807, 2.05) is 50.2 Å². The van der Waals surface area contributed by atoms with E-state index in [1.165, 1.54) is 7.05 Å². The topological polar surface area (TPSA) is 105 Å². The lowest BCUT2D eigenvalue weighted by Crippen LogP contribution is -2.48. The van der Waals surface area contributed by atoms with Crippen LogP contribution in [0.3, 0.4) is 0 Å². The Balaban J connectivity index is 1.65. The van der Waals surface area contributed by atoms with Crippen LogP contribution in [0.2, 0.25) is 0 Å². The van der Waals surface area contributed by atoms with Crippen LogP contribution in [-0.2, 0) is 19.2 Å². The molecule has 3 rings (SSSR count). The smallest absolute Gasteiger partial charge is 0.407 e. The second-order valence-electron chi connectivity index (χ2n) is 8.50. The summed E-state index contributed by atoms with van der Waals surface area (Å²) in [5, 5.41) is 12.2. The first-order chi connectivity index (χ1) is 15.8. The van der Waals surface area contributed by atoms with Gasteiger partial charge in [-0.15, -0.1) is 0 Å². The van der Waals surface area contributed by atoms with Gasteiger partial charge in [-0.1, -0.05) is 62.4 Å². The average Bonchev–Trinajstić information content (AvgIpc) is 3.12. The zero-order valence-electron chi connectivity index (χ0n) is 19.1. The van der Waals surface area contributed by atoms with Gasteiger partial charge >= 0.3 is 12.1 Å². The molecule has 0 saturated heterocycles. The lowest BCUT2D eigenvalue weighted by molar-refractivity contribution is -0.187. The second kappa shape index (κ2) is 11.0. The molecular weight excluding hydrogens is 424 g/mol. The molecular formula is C25H30N2O6. The van der Waals surface area contributed by atoms with E-state index in [0.717, 1.165) is 27.3 Å². The van der Waals surface area contributed by atoms with Gasteiger partial charge in [-0.05, 0) is 41.0 Å². The molecule has 1 aliphatic rings. The highest BCUT2D eigenvalue weighted by Gasteiger charge is 2.30. The van der Waals surface area contributed by atoms with E-state index in [2.05, 4.69) is 17.4 Å². The Morgan fingerprint density at radius 2 is 1.58 bits per heavy atom. The molecule has 8 heteroatoms. The van der Waals surface area contributed by atoms with Crippen LogP contribution in [0.25, 0.3) is 11.1 Å². The third-order valence-corrected chi connectivity index (χ3v) is 5.66. The van der Waals surface area contributed by atoms with Gasteiger partial charge in [0.05, 0.1) is 0 Å². The summed E-state index contributed by atoms with van der Waals surface area (Å²) in [6, 6.07) is 15.2. The molecule has 1 aliphatic carbocycles. The van der Waals surface area contributed by atoms with Crippen LogP contribution < -0.4 is 5.32 Å². The minimum Gasteiger partial charge on any atom is -0.479 e. The second-order valence-corrected chi connectivity index (χ2v) is 8.50. The normalized spacial score (nSPS) is 13.2. The number of nitrogens with one attached hydrogen (secondary N) is 1. The van der Waals surface area contributed by atoms with Crippen LogP contribution in [0.15, 0.2) is 48.5 Å². The van der Waals surface area contributed by atoms with Crippen LogP contribution in [0, 0.1) is 5.92 Å². The minimum atomic E-state index is -1.20. The van der Waals surface area contributed by atoms with Crippen molar-refractivity contribution in [3.8, 4) is 11.1 Å². The monoisotopic (exact) mass is 454 g/mol. The highest BCUT2D eigenvalue weighted by atomic mass is 16.7. The number of nitrogens with zero attached hydrogens (tertiary/aromatic N) is 1. The molecule has 2 aromatic rings. The van der Waals surface area contributed by atoms with Crippen molar-refractivity contribution in [2.45, 2.75) is 38.6 Å². The van der Waals surface area contributed by atoms with Crippen LogP contribution >= 0.6 is 0 Å². The summed E-state index contributed by atoms with van der Waals surface area (Å²) in [5.41, 5.74) is 4.45. The first-order valence-corrected chi connectivity index (χ1v) is 11.0. The molecule has 0 saturated carbocycles. The van der Waals surface area contributed by atoms with E-state index in [-0.39, 0.29) is 12.5 Å². The van der Waals surface area contributed by atoms with E-state index in [9.17, 15) is 14.4 Å². The number of alkyl carbamates (subject to hydrolysis) is 1. The van der Waals surface area contributed by atoms with Gasteiger partial charge in [0.1, 0.15) is 12.6 Å². The maximum Gasteiger partial charge on any atom is 0.407 e. The van der Waals surface area contributed by atoms with Gasteiger partial charge < -0.3 is 15.2 Å². The van der Waals surface area contributed by atoms with Crippen LogP contribution in [-0.4, -0.2) is 54.4 Å². The van der Waals surface area contributed by atoms with Crippen LogP contribution in [0.4, 0.5) is 4.79 Å². The molecule has 0 bridgehead atoms. The van der Waals surface area contributed by atoms with Crippen molar-refractivity contribution >= 4 is 18.0 Å². The predicted octanol–water partition coefficient (Wildman–Crippen LogP) is 3.80. The summed E-state index contributed by atoms with van der Waals surface area (Å²) in [7, 11) is 1.33. The Labute approximate surface area is 193 Å². The summed E-state index contributed by atoms with van der Waals surface area (Å²) in [5.74, 6) is -1.51. The first kappa shape index (κ1) is 24.3. The summed E-state index contributed by atoms with van der Waals surface area (Å²) in [4.78, 5) is 41.0. The molecule has 0 aliphatic heterocycles. The fraction of sp³-hybridized carbons (Fsp3) is 0.400. The lowest BCUT2D eigenvalue weighted by Gasteiger charge is -2.24. The largest absolute Gasteiger partial charge is 0.479 e. The number of hydrogen-bond donors (Lipinski definition) is 2. The Kier molecular flexibility index (Phi) is 8.06. The number of amides is 2. The van der Waals surface area contributed by atoms with E-state index in [0.29, 0.717) is 18.8 Å². The maximum atomic E-state index is 12.7. The van der Waals surface area contributed by atoms with Crippen LogP contribution in [0.5, 0.6) is 0 Å². The molecule has 0 spiro atoms. The summed E-state index contributed by atoms with van der Waals surface area (Å²) >= 11 is 0. The quantitative estimate of drug-likeness (QED) is 0.529. The summed E-state index contributed by atoms with van der Waals surface area (Å²) < 4.78 is 5.55. The number of carbonyl (C=O) groups excluding carboxylic acids is 2. The number of carboxylic acids is 1. The average molecular weight is 455 g/mol. The molecule has 0 radical (unpaired) electrons. The van der Waals surface area contributed by atoms with Gasteiger partial charge in [-0.25, -0.2) is 14.7 Å². The van der Waals surface area contributed by atoms with Crippen molar-refractivity contribution in [2.24, 2.45) is 5.92 Å². The zero-order chi connectivity index (χ0) is 24.0. The number of benzene rings is 2. The first-order valence-electron chi connectivity index (χ1n) is 11.0. The maximum absolute atomic E-state index is 12.7. The summed E-state index contributed by atoms with van der Waals surface area (Å²) in [6.07, 6.45) is 0.361. The molecule has 176 valence electrons. The third kappa shape index (κ3) is 6.10. The van der Waals surface area contributed by atoms with Gasteiger partial charge in [0.2, 0.25) is 0 Å². The fourth-order valence-electron chi connectivity index (χ4n) is 3.97. The van der Waals surface area contributed by atoms with E-state index in [4.69, 9.17) is 14.7 Å². The minimum absolute atomic E-state index is 0.0884. The fourth-order valence-corrected chi connectivity index (χ4v) is 3.97. The van der Waals surface area contributed by atoms with Crippen LogP contribution in [0.1, 0.15) is 43.7 Å². The SMILES string of the molecule is CC(C)CCC(NC(=O)OCC1c2ccccc2-c2ccccc21)C(=O)N(C)OCC(=O)O. The van der Waals surface area contributed by atoms with Crippen molar-refractivity contribution in [3.63, 3.8) is 0 Å². The number of likely N-dealkylation sites (N-methyl/N-ethyl adjacent to an activating group) is 1. The molecule has 33 heavy (non-hydrogen) atoms. The lowest BCUT2D eigenvalue weighted by atomic mass is 9.98. The molecule has 0 fully saturated rings. The number of fused-ring (bicyclic) bond motifs is 3. The third-order valence-electron chi connectivity index (χ3n) is 5.66. The predicted molar refractivity (Wildman–Crippen MR) is 122 cm³/mol. The molecule has 2 amide bonds. The summed E-state index contributed by atoms with van der Waals surface area (Å²) in [6.45, 7) is 3.51. The molecule has 2 N–H and O–H groups in total. The van der Waals surface area contributed by atoms with Crippen molar-refractivity contribution in [1.29, 1.82) is 0 Å². The highest BCUT2D eigenvalue weighted by molar-refractivity contribution is 5.85. The van der Waals surface area contributed by atoms with E-state index in [1.54, 1.807) is 0 Å². The Morgan fingerprint density at radius 1 is 1.00 bits per heavy atom. The molecule has 0 heterocycles. The Morgan fingerprint density at radius 3 is 2.12 bits per heavy atom. The molecule has 2 aromatic carbocycles. The Hall–Kier alpha value is -3.39. The van der Waals surface area contributed by atoms with Crippen molar-refractivity contribution in [1.82, 2.24) is 10.4 Å². The molecule has 8 nitrogen and oxygen atoms in total. The number of carboxylic acid groups (broad SMARTS) is 1. The Bertz CT molecular complexity index is 960. The highest BCUT2D eigenvalue weighted by Crippen LogP contribution is 2.44. The van der Waals surface area contributed by atoms with Gasteiger partial charge in [0, 0.05) is 13.0 Å². The van der Waals surface area contributed by atoms with E-state index < -0.39 is 30.6 Å². The van der Waals surface area contributed by atoms with Gasteiger partial charge in [-0.2, -0.15) is 0 Å². The van der Waals surface area contributed by atoms with Crippen molar-refractivity contribution in [3.05, 3.63) is 59.7 Å². The molecule has 0 aromatic heterocycles. The number of hydroxylamine groups is 2. The number of aliphatic carboxylic acids is 1. The van der Waals surface area contributed by atoms with Gasteiger partial charge in [0.25, 0.3) is 5.91 Å². The van der Waals surface area contributed by atoms with Gasteiger partial charge in [-0.3, -0.25) is 9.63 Å². The molecule has 1 unspecified atom stereocenters. The molecule has 1 atom stereocenters. The number of carbonyl (C=O) groups is 3. The van der Waals surface area contributed by atoms with Crippen molar-refractivity contribution < 1.29 is 29.1 Å². The van der Waals surface area contributed by atoms with Crippen molar-refractivity contribution in [2.75, 3.05) is 20.3 Å².